The van der Waals surface area contributed by atoms with Gasteiger partial charge >= 0.3 is 11.9 Å². The van der Waals surface area contributed by atoms with Crippen molar-refractivity contribution in [2.75, 3.05) is 6.61 Å². The number of aliphatic hydroxyl groups excluding tert-OH is 1. The summed E-state index contributed by atoms with van der Waals surface area (Å²) in [4.78, 5) is 75.5. The van der Waals surface area contributed by atoms with E-state index in [0.29, 0.717) is 25.7 Å². The van der Waals surface area contributed by atoms with E-state index in [1.54, 1.807) is 26.8 Å². The first-order valence-electron chi connectivity index (χ1n) is 17.5. The average Bonchev–Trinajstić information content (AvgIpc) is 3.29. The molecular formula is C36H54N2O10. The van der Waals surface area contributed by atoms with Crippen LogP contribution in [0.15, 0.2) is 11.6 Å². The molecule has 3 saturated carbocycles. The predicted octanol–water partition coefficient (Wildman–Crippen LogP) is 2.87. The molecule has 10 atom stereocenters. The Bertz CT molecular complexity index is 1340. The minimum atomic E-state index is -1.79. The van der Waals surface area contributed by atoms with E-state index in [-0.39, 0.29) is 66.5 Å². The number of rotatable bonds is 13. The lowest BCUT2D eigenvalue weighted by Crippen LogP contribution is -2.62. The maximum Gasteiger partial charge on any atom is 0.326 e. The van der Waals surface area contributed by atoms with Gasteiger partial charge in [-0.3, -0.25) is 24.0 Å². The third-order valence-electron chi connectivity index (χ3n) is 12.5. The molecule has 0 bridgehead atoms. The number of esters is 1. The summed E-state index contributed by atoms with van der Waals surface area (Å²) in [5, 5.41) is 38.0. The average molecular weight is 675 g/mol. The zero-order valence-corrected chi connectivity index (χ0v) is 29.2. The molecule has 0 heterocycles. The molecule has 2 amide bonds. The lowest BCUT2D eigenvalue weighted by Gasteiger charge is -2.60. The van der Waals surface area contributed by atoms with Crippen LogP contribution in [0.1, 0.15) is 106 Å². The monoisotopic (exact) mass is 674 g/mol. The first-order valence-corrected chi connectivity index (χ1v) is 17.5. The fourth-order valence-corrected chi connectivity index (χ4v) is 9.41. The number of aliphatic hydroxyl groups is 2. The molecule has 12 nitrogen and oxygen atoms in total. The molecule has 4 aliphatic carbocycles. The summed E-state index contributed by atoms with van der Waals surface area (Å²) < 4.78 is 5.23. The van der Waals surface area contributed by atoms with E-state index in [0.717, 1.165) is 18.4 Å². The van der Waals surface area contributed by atoms with Crippen LogP contribution in [0.3, 0.4) is 0 Å². The molecule has 0 aliphatic heterocycles. The highest BCUT2D eigenvalue weighted by atomic mass is 16.5. The first-order chi connectivity index (χ1) is 22.4. The maximum atomic E-state index is 13.5. The molecule has 4 aliphatic rings. The molecule has 0 aromatic heterocycles. The minimum absolute atomic E-state index is 0.0164. The highest BCUT2D eigenvalue weighted by Crippen LogP contribution is 2.67. The summed E-state index contributed by atoms with van der Waals surface area (Å²) in [6.45, 7) is 10.3. The smallest absolute Gasteiger partial charge is 0.326 e. The Hall–Kier alpha value is -3.12. The zero-order valence-electron chi connectivity index (χ0n) is 29.2. The third-order valence-corrected chi connectivity index (χ3v) is 12.5. The second kappa shape index (κ2) is 14.4. The van der Waals surface area contributed by atoms with Crippen molar-refractivity contribution in [3.8, 4) is 0 Å². The number of Topliss-reactive ketones (excluding diaryl/α,β-unsaturated/α-hetero) is 1. The Labute approximate surface area is 282 Å². The van der Waals surface area contributed by atoms with E-state index >= 15 is 0 Å². The normalized spacial score (nSPS) is 34.4. The Kier molecular flexibility index (Phi) is 11.3. The first kappa shape index (κ1) is 37.7. The van der Waals surface area contributed by atoms with Gasteiger partial charge in [-0.1, -0.05) is 53.5 Å². The van der Waals surface area contributed by atoms with Gasteiger partial charge < -0.3 is 30.7 Å². The van der Waals surface area contributed by atoms with Gasteiger partial charge in [0, 0.05) is 18.3 Å². The quantitative estimate of drug-likeness (QED) is 0.181. The third kappa shape index (κ3) is 6.97. The molecule has 5 N–H and O–H groups in total. The largest absolute Gasteiger partial charge is 0.480 e. The molecule has 3 fully saturated rings. The van der Waals surface area contributed by atoms with Crippen LogP contribution in [-0.2, 0) is 33.5 Å². The number of carbonyl (C=O) groups excluding carboxylic acids is 5. The summed E-state index contributed by atoms with van der Waals surface area (Å²) in [6.07, 6.45) is 4.52. The topological polar surface area (TPSA) is 196 Å². The summed E-state index contributed by atoms with van der Waals surface area (Å²) in [6, 6.07) is -2.13. The highest BCUT2D eigenvalue weighted by molar-refractivity contribution is 5.93. The van der Waals surface area contributed by atoms with Crippen molar-refractivity contribution in [2.24, 2.45) is 40.4 Å². The molecule has 268 valence electrons. The van der Waals surface area contributed by atoms with E-state index < -0.39 is 65.3 Å². The van der Waals surface area contributed by atoms with Crippen molar-refractivity contribution in [2.45, 2.75) is 130 Å². The molecular weight excluding hydrogens is 620 g/mol. The van der Waals surface area contributed by atoms with E-state index in [9.17, 15) is 44.1 Å². The fraction of sp³-hybridized carbons (Fsp3) is 0.778. The number of ether oxygens (including phenoxy) is 1. The number of carboxylic acids is 1. The van der Waals surface area contributed by atoms with Gasteiger partial charge in [0.15, 0.2) is 12.4 Å². The Balaban J connectivity index is 1.32. The van der Waals surface area contributed by atoms with Gasteiger partial charge in [-0.15, -0.1) is 0 Å². The molecule has 0 aromatic carbocycles. The number of amides is 2. The molecule has 0 aromatic rings. The summed E-state index contributed by atoms with van der Waals surface area (Å²) in [7, 11) is 0. The Morgan fingerprint density at radius 1 is 1.00 bits per heavy atom. The van der Waals surface area contributed by atoms with Crippen molar-refractivity contribution in [1.29, 1.82) is 0 Å². The number of ketones is 2. The second-order valence-electron chi connectivity index (χ2n) is 15.6. The van der Waals surface area contributed by atoms with Gasteiger partial charge in [-0.2, -0.15) is 0 Å². The van der Waals surface area contributed by atoms with Crippen LogP contribution in [0.4, 0.5) is 0 Å². The molecule has 4 rings (SSSR count). The van der Waals surface area contributed by atoms with E-state index in [1.165, 1.54) is 0 Å². The van der Waals surface area contributed by atoms with Gasteiger partial charge in [0.05, 0.1) is 12.5 Å². The predicted molar refractivity (Wildman–Crippen MR) is 174 cm³/mol. The maximum absolute atomic E-state index is 13.5. The molecule has 12 heteroatoms. The van der Waals surface area contributed by atoms with Crippen molar-refractivity contribution in [1.82, 2.24) is 10.6 Å². The summed E-state index contributed by atoms with van der Waals surface area (Å²) in [5.74, 6) is -4.42. The van der Waals surface area contributed by atoms with Gasteiger partial charge in [0.25, 0.3) is 0 Å². The second-order valence-corrected chi connectivity index (χ2v) is 15.6. The van der Waals surface area contributed by atoms with Crippen molar-refractivity contribution in [3.63, 3.8) is 0 Å². The van der Waals surface area contributed by atoms with Crippen molar-refractivity contribution in [3.05, 3.63) is 11.6 Å². The van der Waals surface area contributed by atoms with Gasteiger partial charge in [-0.05, 0) is 79.6 Å². The Morgan fingerprint density at radius 3 is 2.31 bits per heavy atom. The number of fused-ring (bicyclic) bond motifs is 5. The van der Waals surface area contributed by atoms with E-state index in [2.05, 4.69) is 17.6 Å². The van der Waals surface area contributed by atoms with Crippen LogP contribution in [0, 0.1) is 40.4 Å². The molecule has 48 heavy (non-hydrogen) atoms. The van der Waals surface area contributed by atoms with Crippen molar-refractivity contribution >= 4 is 35.3 Å². The number of allylic oxidation sites excluding steroid dienone is 1. The standard InChI is InChI=1S/C36H54N2O10/c1-7-20(4)31(33(45)46)38-32(44)30(19(2)3)37-27(42)10-11-28(43)48-18-26(41)36(47)15-13-24-23-9-8-21-16-22(39)12-14-34(21,5)29(23)25(40)17-35(24,36)6/h16,19-20,23-25,29-31,40,47H,7-15,17-18H2,1-6H3,(H,37,42)(H,38,44)(H,45,46)/t20-,23+,24-,25-,29-,30+,31+,34-,35-,36-/m0/s1. The molecule has 0 unspecified atom stereocenters. The molecule has 0 spiro atoms. The van der Waals surface area contributed by atoms with Crippen LogP contribution in [-0.4, -0.2) is 81.0 Å². The van der Waals surface area contributed by atoms with Gasteiger partial charge in [0.1, 0.15) is 17.7 Å². The van der Waals surface area contributed by atoms with Crippen molar-refractivity contribution < 1.29 is 48.8 Å². The summed E-state index contributed by atoms with van der Waals surface area (Å²) >= 11 is 0. The number of hydrogen-bond donors (Lipinski definition) is 5. The zero-order chi connectivity index (χ0) is 35.8. The fourth-order valence-electron chi connectivity index (χ4n) is 9.41. The number of hydrogen-bond acceptors (Lipinski definition) is 9. The highest BCUT2D eigenvalue weighted by Gasteiger charge is 2.68. The SMILES string of the molecule is CC[C@H](C)[C@@H](NC(=O)[C@H](NC(=O)CCC(=O)OCC(=O)[C@@]1(O)CC[C@H]2[C@H]3CCC4=CC(=O)CC[C@]4(C)[C@@H]3[C@@H](O)C[C@@]21C)C(C)C)C(=O)O. The number of aliphatic carboxylic acids is 1. The Morgan fingerprint density at radius 2 is 1.69 bits per heavy atom. The van der Waals surface area contributed by atoms with Crippen LogP contribution >= 0.6 is 0 Å². The molecule has 0 radical (unpaired) electrons. The van der Waals surface area contributed by atoms with Crippen LogP contribution in [0.25, 0.3) is 0 Å². The van der Waals surface area contributed by atoms with E-state index in [1.807, 2.05) is 13.8 Å². The lowest BCUT2D eigenvalue weighted by molar-refractivity contribution is -0.184. The lowest BCUT2D eigenvalue weighted by atomic mass is 9.45. The number of carbonyl (C=O) groups is 6. The number of nitrogens with one attached hydrogen (secondary N) is 2. The summed E-state index contributed by atoms with van der Waals surface area (Å²) in [5.41, 5.74) is -1.90. The minimum Gasteiger partial charge on any atom is -0.480 e. The molecule has 0 saturated heterocycles. The van der Waals surface area contributed by atoms with Gasteiger partial charge in [-0.25, -0.2) is 4.79 Å². The van der Waals surface area contributed by atoms with Crippen LogP contribution in [0.2, 0.25) is 0 Å². The number of carboxylic acid groups (broad SMARTS) is 1. The van der Waals surface area contributed by atoms with Crippen LogP contribution < -0.4 is 10.6 Å². The van der Waals surface area contributed by atoms with E-state index in [4.69, 9.17) is 4.74 Å². The van der Waals surface area contributed by atoms with Crippen LogP contribution in [0.5, 0.6) is 0 Å². The van der Waals surface area contributed by atoms with Gasteiger partial charge in [0.2, 0.25) is 17.6 Å².